The average Bonchev–Trinajstić information content (AvgIpc) is 2.10. The SMILES string of the molecule is CCCCCC(CCC(=O)O)C(C)=O. The number of rotatable bonds is 8. The van der Waals surface area contributed by atoms with Crippen LogP contribution >= 0.6 is 0 Å². The molecule has 0 rings (SSSR count). The van der Waals surface area contributed by atoms with Crippen LogP contribution in [0.3, 0.4) is 0 Å². The number of hydrogen-bond acceptors (Lipinski definition) is 2. The predicted molar refractivity (Wildman–Crippen MR) is 55.2 cm³/mol. The van der Waals surface area contributed by atoms with Gasteiger partial charge in [0.05, 0.1) is 0 Å². The lowest BCUT2D eigenvalue weighted by molar-refractivity contribution is -0.137. The van der Waals surface area contributed by atoms with E-state index in [-0.39, 0.29) is 18.1 Å². The van der Waals surface area contributed by atoms with E-state index in [0.717, 1.165) is 25.7 Å². The van der Waals surface area contributed by atoms with Crippen LogP contribution in [0.2, 0.25) is 0 Å². The summed E-state index contributed by atoms with van der Waals surface area (Å²) in [4.78, 5) is 21.5. The zero-order valence-corrected chi connectivity index (χ0v) is 9.08. The van der Waals surface area contributed by atoms with Crippen LogP contribution in [0.1, 0.15) is 52.4 Å². The minimum Gasteiger partial charge on any atom is -0.481 e. The molecule has 0 aliphatic rings. The number of carboxylic acid groups (broad SMARTS) is 1. The summed E-state index contributed by atoms with van der Waals surface area (Å²) in [6.07, 6.45) is 4.72. The third kappa shape index (κ3) is 6.63. The van der Waals surface area contributed by atoms with Gasteiger partial charge in [0.15, 0.2) is 0 Å². The fourth-order valence-corrected chi connectivity index (χ4v) is 1.49. The lowest BCUT2D eigenvalue weighted by atomic mass is 9.93. The van der Waals surface area contributed by atoms with Crippen molar-refractivity contribution in [3.63, 3.8) is 0 Å². The minimum atomic E-state index is -0.813. The van der Waals surface area contributed by atoms with E-state index in [1.54, 1.807) is 6.92 Å². The molecule has 0 spiro atoms. The Balaban J connectivity index is 3.78. The predicted octanol–water partition coefficient (Wildman–Crippen LogP) is 2.64. The van der Waals surface area contributed by atoms with Crippen molar-refractivity contribution in [2.45, 2.75) is 52.4 Å². The van der Waals surface area contributed by atoms with Crippen LogP contribution in [-0.2, 0) is 9.59 Å². The Morgan fingerprint density at radius 2 is 1.86 bits per heavy atom. The second kappa shape index (κ2) is 7.54. The van der Waals surface area contributed by atoms with Gasteiger partial charge in [0.25, 0.3) is 0 Å². The molecule has 0 radical (unpaired) electrons. The van der Waals surface area contributed by atoms with Crippen LogP contribution in [0.5, 0.6) is 0 Å². The summed E-state index contributed by atoms with van der Waals surface area (Å²) in [7, 11) is 0. The molecule has 0 aromatic carbocycles. The van der Waals surface area contributed by atoms with E-state index in [0.29, 0.717) is 6.42 Å². The summed E-state index contributed by atoms with van der Waals surface area (Å²) in [5, 5.41) is 8.50. The van der Waals surface area contributed by atoms with Gasteiger partial charge >= 0.3 is 5.97 Å². The lowest BCUT2D eigenvalue weighted by Gasteiger charge is -2.11. The molecule has 0 fully saturated rings. The first-order valence-corrected chi connectivity index (χ1v) is 5.30. The Morgan fingerprint density at radius 1 is 1.21 bits per heavy atom. The van der Waals surface area contributed by atoms with Crippen LogP contribution in [0.15, 0.2) is 0 Å². The smallest absolute Gasteiger partial charge is 0.303 e. The average molecular weight is 200 g/mol. The number of ketones is 1. The van der Waals surface area contributed by atoms with E-state index in [2.05, 4.69) is 6.92 Å². The van der Waals surface area contributed by atoms with Crippen molar-refractivity contribution in [2.75, 3.05) is 0 Å². The highest BCUT2D eigenvalue weighted by Gasteiger charge is 2.14. The Morgan fingerprint density at radius 3 is 2.29 bits per heavy atom. The van der Waals surface area contributed by atoms with Gasteiger partial charge in [0.2, 0.25) is 0 Å². The summed E-state index contributed by atoms with van der Waals surface area (Å²) in [6.45, 7) is 3.67. The Hall–Kier alpha value is -0.860. The second-order valence-corrected chi connectivity index (χ2v) is 3.74. The molecule has 14 heavy (non-hydrogen) atoms. The van der Waals surface area contributed by atoms with Crippen LogP contribution in [-0.4, -0.2) is 16.9 Å². The first-order valence-electron chi connectivity index (χ1n) is 5.30. The molecule has 0 aliphatic carbocycles. The van der Waals surface area contributed by atoms with Crippen molar-refractivity contribution < 1.29 is 14.7 Å². The lowest BCUT2D eigenvalue weighted by Crippen LogP contribution is -2.12. The van der Waals surface area contributed by atoms with E-state index in [9.17, 15) is 9.59 Å². The molecular weight excluding hydrogens is 180 g/mol. The van der Waals surface area contributed by atoms with Crippen LogP contribution < -0.4 is 0 Å². The molecule has 0 saturated carbocycles. The number of carboxylic acids is 1. The fraction of sp³-hybridized carbons (Fsp3) is 0.818. The quantitative estimate of drug-likeness (QED) is 0.613. The van der Waals surface area contributed by atoms with E-state index in [1.807, 2.05) is 0 Å². The van der Waals surface area contributed by atoms with Crippen molar-refractivity contribution >= 4 is 11.8 Å². The number of unbranched alkanes of at least 4 members (excludes halogenated alkanes) is 2. The van der Waals surface area contributed by atoms with E-state index >= 15 is 0 Å². The van der Waals surface area contributed by atoms with Crippen molar-refractivity contribution in [1.29, 1.82) is 0 Å². The van der Waals surface area contributed by atoms with E-state index in [4.69, 9.17) is 5.11 Å². The normalized spacial score (nSPS) is 12.4. The molecule has 3 heteroatoms. The van der Waals surface area contributed by atoms with Crippen LogP contribution in [0, 0.1) is 5.92 Å². The van der Waals surface area contributed by atoms with Gasteiger partial charge in [-0.25, -0.2) is 0 Å². The summed E-state index contributed by atoms with van der Waals surface area (Å²) in [5.41, 5.74) is 0. The van der Waals surface area contributed by atoms with E-state index in [1.165, 1.54) is 0 Å². The first-order chi connectivity index (χ1) is 6.57. The highest BCUT2D eigenvalue weighted by molar-refractivity contribution is 5.79. The Kier molecular flexibility index (Phi) is 7.07. The number of aliphatic carboxylic acids is 1. The molecule has 82 valence electrons. The van der Waals surface area contributed by atoms with Crippen molar-refractivity contribution in [1.82, 2.24) is 0 Å². The summed E-state index contributed by atoms with van der Waals surface area (Å²) < 4.78 is 0. The third-order valence-electron chi connectivity index (χ3n) is 2.44. The molecule has 0 aromatic rings. The van der Waals surface area contributed by atoms with Crippen molar-refractivity contribution in [2.24, 2.45) is 5.92 Å². The molecule has 1 N–H and O–H groups in total. The van der Waals surface area contributed by atoms with Gasteiger partial charge in [0, 0.05) is 12.3 Å². The zero-order valence-electron chi connectivity index (χ0n) is 9.08. The number of hydrogen-bond donors (Lipinski definition) is 1. The van der Waals surface area contributed by atoms with Crippen molar-refractivity contribution in [3.05, 3.63) is 0 Å². The van der Waals surface area contributed by atoms with E-state index < -0.39 is 5.97 Å². The minimum absolute atomic E-state index is 0.0438. The fourth-order valence-electron chi connectivity index (χ4n) is 1.49. The van der Waals surface area contributed by atoms with Crippen LogP contribution in [0.4, 0.5) is 0 Å². The number of Topliss-reactive ketones (excluding diaryl/α,β-unsaturated/α-hetero) is 1. The molecule has 1 atom stereocenters. The highest BCUT2D eigenvalue weighted by atomic mass is 16.4. The van der Waals surface area contributed by atoms with Crippen LogP contribution in [0.25, 0.3) is 0 Å². The Bertz CT molecular complexity index is 187. The number of carbonyl (C=O) groups excluding carboxylic acids is 1. The standard InChI is InChI=1S/C11H20O3/c1-3-4-5-6-10(9(2)12)7-8-11(13)14/h10H,3-8H2,1-2H3,(H,13,14). The topological polar surface area (TPSA) is 54.4 Å². The van der Waals surface area contributed by atoms with Gasteiger partial charge in [-0.1, -0.05) is 26.2 Å². The maximum atomic E-state index is 11.2. The molecule has 0 saturated heterocycles. The molecule has 0 aliphatic heterocycles. The maximum absolute atomic E-state index is 11.2. The molecule has 0 aromatic heterocycles. The first kappa shape index (κ1) is 13.1. The summed E-state index contributed by atoms with van der Waals surface area (Å²) in [6, 6.07) is 0. The van der Waals surface area contributed by atoms with Gasteiger partial charge in [0.1, 0.15) is 5.78 Å². The van der Waals surface area contributed by atoms with Crippen molar-refractivity contribution in [3.8, 4) is 0 Å². The monoisotopic (exact) mass is 200 g/mol. The molecule has 0 bridgehead atoms. The molecule has 1 unspecified atom stereocenters. The van der Waals surface area contributed by atoms with Gasteiger partial charge in [-0.3, -0.25) is 9.59 Å². The molecule has 3 nitrogen and oxygen atoms in total. The molecule has 0 amide bonds. The molecular formula is C11H20O3. The van der Waals surface area contributed by atoms with Gasteiger partial charge < -0.3 is 5.11 Å². The maximum Gasteiger partial charge on any atom is 0.303 e. The van der Waals surface area contributed by atoms with Gasteiger partial charge in [-0.05, 0) is 19.8 Å². The Labute approximate surface area is 85.5 Å². The second-order valence-electron chi connectivity index (χ2n) is 3.74. The largest absolute Gasteiger partial charge is 0.481 e. The number of carbonyl (C=O) groups is 2. The summed E-state index contributed by atoms with van der Waals surface area (Å²) >= 11 is 0. The molecule has 0 heterocycles. The zero-order chi connectivity index (χ0) is 11.0. The third-order valence-corrected chi connectivity index (χ3v) is 2.44. The summed E-state index contributed by atoms with van der Waals surface area (Å²) in [5.74, 6) is -0.730. The highest BCUT2D eigenvalue weighted by Crippen LogP contribution is 2.16. The van der Waals surface area contributed by atoms with Gasteiger partial charge in [-0.15, -0.1) is 0 Å². The van der Waals surface area contributed by atoms with Gasteiger partial charge in [-0.2, -0.15) is 0 Å².